The molecule has 1 aliphatic rings. The van der Waals surface area contributed by atoms with Gasteiger partial charge in [-0.05, 0) is 66.6 Å². The second-order valence-corrected chi connectivity index (χ2v) is 7.74. The topological polar surface area (TPSA) is 97.2 Å². The molecule has 1 fully saturated rings. The molecule has 160 valence electrons. The second-order valence-electron chi connectivity index (χ2n) is 6.71. The van der Waals surface area contributed by atoms with Crippen molar-refractivity contribution in [3.05, 3.63) is 70.6 Å². The van der Waals surface area contributed by atoms with Gasteiger partial charge in [-0.15, -0.1) is 6.58 Å². The van der Waals surface area contributed by atoms with E-state index in [0.29, 0.717) is 39.1 Å². The average Bonchev–Trinajstić information content (AvgIpc) is 3.05. The number of hydrogen-bond donors (Lipinski definition) is 2. The zero-order chi connectivity index (χ0) is 22.4. The molecule has 7 nitrogen and oxygen atoms in total. The summed E-state index contributed by atoms with van der Waals surface area (Å²) in [6.45, 7) is 5.23. The lowest BCUT2D eigenvalue weighted by Gasteiger charge is -2.14. The number of carbonyl (C=O) groups is 2. The molecule has 2 N–H and O–H groups in total. The summed E-state index contributed by atoms with van der Waals surface area (Å²) >= 11 is 1.25. The Morgan fingerprint density at radius 3 is 2.81 bits per heavy atom. The van der Waals surface area contributed by atoms with E-state index in [9.17, 15) is 9.59 Å². The molecule has 0 aromatic heterocycles. The number of aryl methyl sites for hydroxylation is 1. The van der Waals surface area contributed by atoms with Crippen molar-refractivity contribution in [2.24, 2.45) is 4.99 Å². The van der Waals surface area contributed by atoms with E-state index < -0.39 is 12.6 Å². The minimum atomic E-state index is -1.09. The first-order valence-corrected chi connectivity index (χ1v) is 10.2. The molecule has 1 heterocycles. The van der Waals surface area contributed by atoms with Crippen LogP contribution >= 0.6 is 11.8 Å². The number of benzene rings is 2. The Morgan fingerprint density at radius 2 is 2.13 bits per heavy atom. The van der Waals surface area contributed by atoms with Gasteiger partial charge in [-0.1, -0.05) is 18.2 Å². The number of thioether (sulfide) groups is 1. The Morgan fingerprint density at radius 1 is 1.32 bits per heavy atom. The van der Waals surface area contributed by atoms with Crippen molar-refractivity contribution >= 4 is 40.6 Å². The van der Waals surface area contributed by atoms with Crippen LogP contribution in [0, 0.1) is 6.92 Å². The van der Waals surface area contributed by atoms with Crippen molar-refractivity contribution < 1.29 is 24.2 Å². The maximum Gasteiger partial charge on any atom is 0.341 e. The molecule has 0 aliphatic carbocycles. The van der Waals surface area contributed by atoms with Gasteiger partial charge in [0.2, 0.25) is 0 Å². The van der Waals surface area contributed by atoms with Crippen LogP contribution in [0.5, 0.6) is 11.5 Å². The number of amides is 1. The van der Waals surface area contributed by atoms with E-state index >= 15 is 0 Å². The van der Waals surface area contributed by atoms with Crippen LogP contribution in [0.3, 0.4) is 0 Å². The molecule has 0 bridgehead atoms. The fraction of sp³-hybridized carbons (Fsp3) is 0.174. The van der Waals surface area contributed by atoms with E-state index in [4.69, 9.17) is 14.6 Å². The Balaban J connectivity index is 1.91. The van der Waals surface area contributed by atoms with Gasteiger partial charge in [-0.2, -0.15) is 0 Å². The van der Waals surface area contributed by atoms with E-state index in [0.717, 1.165) is 11.3 Å². The molecule has 1 saturated heterocycles. The van der Waals surface area contributed by atoms with Crippen molar-refractivity contribution in [3.8, 4) is 11.5 Å². The molecule has 3 rings (SSSR count). The smallest absolute Gasteiger partial charge is 0.341 e. The number of methoxy groups -OCH3 is 1. The maximum absolute atomic E-state index is 12.4. The van der Waals surface area contributed by atoms with Gasteiger partial charge in [0.15, 0.2) is 23.3 Å². The molecule has 0 radical (unpaired) electrons. The lowest BCUT2D eigenvalue weighted by molar-refractivity contribution is -0.139. The predicted octanol–water partition coefficient (Wildman–Crippen LogP) is 4.09. The lowest BCUT2D eigenvalue weighted by Crippen LogP contribution is -2.19. The minimum Gasteiger partial charge on any atom is -0.493 e. The SMILES string of the molecule is C=CCc1cc(/C=C2\SC(=Nc3cccc(C)c3)NC2=O)cc(OC)c1OCC(=O)O. The summed E-state index contributed by atoms with van der Waals surface area (Å²) in [5.74, 6) is -0.606. The summed E-state index contributed by atoms with van der Waals surface area (Å²) in [6.07, 6.45) is 3.86. The number of allylic oxidation sites excluding steroid dienone is 1. The summed E-state index contributed by atoms with van der Waals surface area (Å²) < 4.78 is 10.8. The number of rotatable bonds is 8. The number of carboxylic acids is 1. The average molecular weight is 439 g/mol. The number of aliphatic carboxylic acids is 1. The van der Waals surface area contributed by atoms with Crippen molar-refractivity contribution in [1.82, 2.24) is 5.32 Å². The fourth-order valence-electron chi connectivity index (χ4n) is 2.97. The van der Waals surface area contributed by atoms with E-state index in [1.165, 1.54) is 18.9 Å². The molecular weight excluding hydrogens is 416 g/mol. The number of carboxylic acid groups (broad SMARTS) is 1. The molecule has 0 unspecified atom stereocenters. The summed E-state index contributed by atoms with van der Waals surface area (Å²) in [6, 6.07) is 11.2. The summed E-state index contributed by atoms with van der Waals surface area (Å²) in [7, 11) is 1.47. The molecule has 2 aromatic carbocycles. The van der Waals surface area contributed by atoms with E-state index in [-0.39, 0.29) is 5.91 Å². The standard InChI is InChI=1S/C23H22N2O5S/c1-4-6-16-10-15(11-18(29-3)21(16)30-13-20(26)27)12-19-22(28)25-23(31-19)24-17-8-5-7-14(2)9-17/h4-5,7-12H,1,6,13H2,2-3H3,(H,26,27)(H,24,25,28)/b19-12-. The number of aliphatic imine (C=N–C) groups is 1. The van der Waals surface area contributed by atoms with Crippen LogP contribution in [0.2, 0.25) is 0 Å². The number of nitrogens with one attached hydrogen (secondary N) is 1. The van der Waals surface area contributed by atoms with E-state index in [1.54, 1.807) is 18.2 Å². The first-order chi connectivity index (χ1) is 14.9. The molecule has 0 spiro atoms. The third-order valence-electron chi connectivity index (χ3n) is 4.26. The molecular formula is C23H22N2O5S. The molecule has 0 saturated carbocycles. The van der Waals surface area contributed by atoms with Gasteiger partial charge in [0, 0.05) is 5.56 Å². The van der Waals surface area contributed by atoms with Gasteiger partial charge < -0.3 is 19.9 Å². The second kappa shape index (κ2) is 9.99. The lowest BCUT2D eigenvalue weighted by atomic mass is 10.0. The minimum absolute atomic E-state index is 0.244. The predicted molar refractivity (Wildman–Crippen MR) is 122 cm³/mol. The quantitative estimate of drug-likeness (QED) is 0.476. The van der Waals surface area contributed by atoms with Gasteiger partial charge in [0.05, 0.1) is 17.7 Å². The molecule has 1 amide bonds. The van der Waals surface area contributed by atoms with Crippen LogP contribution in [0.15, 0.2) is 59.0 Å². The number of carbonyl (C=O) groups excluding carboxylic acids is 1. The van der Waals surface area contributed by atoms with Gasteiger partial charge in [-0.3, -0.25) is 4.79 Å². The highest BCUT2D eigenvalue weighted by Crippen LogP contribution is 2.36. The van der Waals surface area contributed by atoms with Gasteiger partial charge in [0.1, 0.15) is 0 Å². The first-order valence-electron chi connectivity index (χ1n) is 9.42. The Hall–Kier alpha value is -3.52. The Bertz CT molecular complexity index is 1090. The summed E-state index contributed by atoms with van der Waals surface area (Å²) in [5, 5.41) is 12.2. The van der Waals surface area contributed by atoms with E-state index in [2.05, 4.69) is 16.9 Å². The normalized spacial score (nSPS) is 15.7. The Labute approximate surface area is 184 Å². The summed E-state index contributed by atoms with van der Waals surface area (Å²) in [5.41, 5.74) is 3.27. The maximum atomic E-state index is 12.4. The third kappa shape index (κ3) is 5.76. The zero-order valence-electron chi connectivity index (χ0n) is 17.2. The molecule has 31 heavy (non-hydrogen) atoms. The highest BCUT2D eigenvalue weighted by molar-refractivity contribution is 8.18. The fourth-order valence-corrected chi connectivity index (χ4v) is 3.81. The van der Waals surface area contributed by atoms with Gasteiger partial charge >= 0.3 is 5.97 Å². The number of amidine groups is 1. The van der Waals surface area contributed by atoms with Gasteiger partial charge in [-0.25, -0.2) is 9.79 Å². The van der Waals surface area contributed by atoms with Crippen LogP contribution in [0.25, 0.3) is 6.08 Å². The highest BCUT2D eigenvalue weighted by atomic mass is 32.2. The largest absolute Gasteiger partial charge is 0.493 e. The molecule has 0 atom stereocenters. The Kier molecular flexibility index (Phi) is 7.15. The monoisotopic (exact) mass is 438 g/mol. The molecule has 2 aromatic rings. The van der Waals surface area contributed by atoms with Crippen molar-refractivity contribution in [2.45, 2.75) is 13.3 Å². The van der Waals surface area contributed by atoms with Gasteiger partial charge in [0.25, 0.3) is 5.91 Å². The zero-order valence-corrected chi connectivity index (χ0v) is 18.0. The molecule has 1 aliphatic heterocycles. The van der Waals surface area contributed by atoms with Crippen LogP contribution < -0.4 is 14.8 Å². The first kappa shape index (κ1) is 22.2. The van der Waals surface area contributed by atoms with Crippen LogP contribution in [0.4, 0.5) is 5.69 Å². The van der Waals surface area contributed by atoms with Crippen LogP contribution in [-0.2, 0) is 16.0 Å². The van der Waals surface area contributed by atoms with Crippen molar-refractivity contribution in [2.75, 3.05) is 13.7 Å². The number of nitrogens with zero attached hydrogens (tertiary/aromatic N) is 1. The van der Waals surface area contributed by atoms with Crippen LogP contribution in [0.1, 0.15) is 16.7 Å². The summed E-state index contributed by atoms with van der Waals surface area (Å²) in [4.78, 5) is 28.3. The van der Waals surface area contributed by atoms with E-state index in [1.807, 2.05) is 37.3 Å². The highest BCUT2D eigenvalue weighted by Gasteiger charge is 2.24. The number of ether oxygens (including phenoxy) is 2. The third-order valence-corrected chi connectivity index (χ3v) is 5.17. The molecule has 8 heteroatoms. The van der Waals surface area contributed by atoms with Crippen molar-refractivity contribution in [3.63, 3.8) is 0 Å². The number of hydrogen-bond acceptors (Lipinski definition) is 6. The van der Waals surface area contributed by atoms with Crippen molar-refractivity contribution in [1.29, 1.82) is 0 Å². The van der Waals surface area contributed by atoms with Crippen LogP contribution in [-0.4, -0.2) is 35.9 Å².